The minimum atomic E-state index is -0.148. The first-order valence-electron chi connectivity index (χ1n) is 8.87. The van der Waals surface area contributed by atoms with Crippen molar-refractivity contribution in [3.8, 4) is 27.0 Å². The number of aromatic amines is 1. The van der Waals surface area contributed by atoms with E-state index in [-0.39, 0.29) is 5.56 Å². The van der Waals surface area contributed by atoms with E-state index in [9.17, 15) is 4.79 Å². The van der Waals surface area contributed by atoms with E-state index in [1.807, 2.05) is 47.8 Å². The molecule has 0 radical (unpaired) electrons. The molecule has 5 aromatic rings. The molecule has 4 heterocycles. The maximum absolute atomic E-state index is 12.6. The smallest absolute Gasteiger partial charge is 0.277 e. The summed E-state index contributed by atoms with van der Waals surface area (Å²) in [5.74, 6) is 2.27. The summed E-state index contributed by atoms with van der Waals surface area (Å²) in [4.78, 5) is 21.9. The van der Waals surface area contributed by atoms with Gasteiger partial charge in [0.2, 0.25) is 0 Å². The fourth-order valence-electron chi connectivity index (χ4n) is 2.85. The first-order valence-corrected chi connectivity index (χ1v) is 11.5. The van der Waals surface area contributed by atoms with Crippen molar-refractivity contribution in [2.45, 2.75) is 11.0 Å². The summed E-state index contributed by atoms with van der Waals surface area (Å²) in [5.41, 5.74) is 1.54. The van der Waals surface area contributed by atoms with E-state index >= 15 is 0 Å². The molecule has 0 unspecified atom stereocenters. The topological polar surface area (TPSA) is 93.9 Å². The lowest BCUT2D eigenvalue weighted by atomic mass is 10.2. The standard InChI is InChI=1S/C20H14N4O3S3/c1-26-12-6-4-11(5-7-12)15-9-13-17(30-15)18(25)22-16(21-13)10-29-20-24-23-19(27-20)14-3-2-8-28-14/h2-9H,10H2,1H3,(H,21,22,25). The zero-order valence-corrected chi connectivity index (χ0v) is 18.1. The third kappa shape index (κ3) is 3.76. The molecule has 0 atom stereocenters. The molecule has 0 fully saturated rings. The Morgan fingerprint density at radius 3 is 2.80 bits per heavy atom. The van der Waals surface area contributed by atoms with Crippen LogP contribution in [0.3, 0.4) is 0 Å². The zero-order chi connectivity index (χ0) is 20.5. The third-order valence-electron chi connectivity index (χ3n) is 4.28. The number of aromatic nitrogens is 4. The largest absolute Gasteiger partial charge is 0.497 e. The van der Waals surface area contributed by atoms with Crippen molar-refractivity contribution in [1.29, 1.82) is 0 Å². The Kier molecular flexibility index (Phi) is 5.11. The van der Waals surface area contributed by atoms with Gasteiger partial charge in [-0.2, -0.15) is 0 Å². The molecular weight excluding hydrogens is 440 g/mol. The molecule has 1 N–H and O–H groups in total. The number of rotatable bonds is 6. The maximum atomic E-state index is 12.6. The van der Waals surface area contributed by atoms with Gasteiger partial charge in [-0.15, -0.1) is 32.9 Å². The number of nitrogens with one attached hydrogen (secondary N) is 1. The van der Waals surface area contributed by atoms with Gasteiger partial charge in [0.1, 0.15) is 16.3 Å². The number of hydrogen-bond donors (Lipinski definition) is 1. The molecule has 7 nitrogen and oxygen atoms in total. The first-order chi connectivity index (χ1) is 14.7. The fraction of sp³-hybridized carbons (Fsp3) is 0.100. The van der Waals surface area contributed by atoms with Crippen molar-refractivity contribution in [2.24, 2.45) is 0 Å². The van der Waals surface area contributed by atoms with Crippen LogP contribution >= 0.6 is 34.4 Å². The fourth-order valence-corrected chi connectivity index (χ4v) is 5.13. The predicted octanol–water partition coefficient (Wildman–Crippen LogP) is 5.06. The van der Waals surface area contributed by atoms with Gasteiger partial charge < -0.3 is 14.1 Å². The van der Waals surface area contributed by atoms with Gasteiger partial charge in [-0.05, 0) is 47.3 Å². The summed E-state index contributed by atoms with van der Waals surface area (Å²) in [7, 11) is 1.63. The minimum absolute atomic E-state index is 0.148. The van der Waals surface area contributed by atoms with Crippen LogP contribution < -0.4 is 10.3 Å². The Morgan fingerprint density at radius 2 is 2.03 bits per heavy atom. The molecule has 30 heavy (non-hydrogen) atoms. The Bertz CT molecular complexity index is 1350. The summed E-state index contributed by atoms with van der Waals surface area (Å²) in [6, 6.07) is 13.5. The maximum Gasteiger partial charge on any atom is 0.277 e. The van der Waals surface area contributed by atoms with Crippen LogP contribution in [0.4, 0.5) is 0 Å². The van der Waals surface area contributed by atoms with Gasteiger partial charge in [0, 0.05) is 4.88 Å². The molecule has 0 amide bonds. The minimum Gasteiger partial charge on any atom is -0.497 e. The quantitative estimate of drug-likeness (QED) is 0.358. The van der Waals surface area contributed by atoms with Crippen LogP contribution in [-0.2, 0) is 5.75 Å². The highest BCUT2D eigenvalue weighted by atomic mass is 32.2. The monoisotopic (exact) mass is 454 g/mol. The molecule has 0 spiro atoms. The predicted molar refractivity (Wildman–Crippen MR) is 119 cm³/mol. The van der Waals surface area contributed by atoms with Gasteiger partial charge in [-0.3, -0.25) is 4.79 Å². The molecule has 0 saturated carbocycles. The lowest BCUT2D eigenvalue weighted by Gasteiger charge is -2.00. The van der Waals surface area contributed by atoms with E-state index in [4.69, 9.17) is 9.15 Å². The second kappa shape index (κ2) is 8.05. The summed E-state index contributed by atoms with van der Waals surface area (Å²) in [6.07, 6.45) is 0. The van der Waals surface area contributed by atoms with E-state index in [1.165, 1.54) is 34.4 Å². The number of H-pyrrole nitrogens is 1. The Labute approximate surface area is 182 Å². The van der Waals surface area contributed by atoms with Crippen molar-refractivity contribution in [2.75, 3.05) is 7.11 Å². The first kappa shape index (κ1) is 19.0. The van der Waals surface area contributed by atoms with Gasteiger partial charge in [0.05, 0.1) is 23.3 Å². The van der Waals surface area contributed by atoms with Gasteiger partial charge in [-0.1, -0.05) is 17.8 Å². The van der Waals surface area contributed by atoms with Crippen molar-refractivity contribution in [1.82, 2.24) is 20.2 Å². The van der Waals surface area contributed by atoms with Crippen LogP contribution in [0.25, 0.3) is 31.4 Å². The average molecular weight is 455 g/mol. The van der Waals surface area contributed by atoms with E-state index in [0.29, 0.717) is 32.9 Å². The van der Waals surface area contributed by atoms with Crippen molar-refractivity contribution >= 4 is 44.7 Å². The summed E-state index contributed by atoms with van der Waals surface area (Å²) < 4.78 is 11.5. The van der Waals surface area contributed by atoms with Gasteiger partial charge in [0.25, 0.3) is 16.7 Å². The Balaban J connectivity index is 1.37. The van der Waals surface area contributed by atoms with Crippen LogP contribution in [0.5, 0.6) is 5.75 Å². The summed E-state index contributed by atoms with van der Waals surface area (Å²) >= 11 is 4.30. The Hall–Kier alpha value is -2.95. The van der Waals surface area contributed by atoms with Gasteiger partial charge in [0.15, 0.2) is 0 Å². The van der Waals surface area contributed by atoms with E-state index in [1.54, 1.807) is 7.11 Å². The number of hydrogen-bond acceptors (Lipinski definition) is 9. The van der Waals surface area contributed by atoms with Crippen LogP contribution in [0, 0.1) is 0 Å². The highest BCUT2D eigenvalue weighted by Gasteiger charge is 2.13. The summed E-state index contributed by atoms with van der Waals surface area (Å²) in [6.45, 7) is 0. The summed E-state index contributed by atoms with van der Waals surface area (Å²) in [5, 5.41) is 10.5. The van der Waals surface area contributed by atoms with E-state index in [2.05, 4.69) is 20.2 Å². The van der Waals surface area contributed by atoms with Gasteiger partial charge >= 0.3 is 0 Å². The molecule has 0 aliphatic rings. The van der Waals surface area contributed by atoms with Crippen molar-refractivity contribution in [3.63, 3.8) is 0 Å². The van der Waals surface area contributed by atoms with Crippen LogP contribution in [0.15, 0.2) is 62.3 Å². The molecule has 1 aromatic carbocycles. The number of nitrogens with zero attached hydrogens (tertiary/aromatic N) is 3. The number of thiophene rings is 2. The van der Waals surface area contributed by atoms with Crippen LogP contribution in [0.2, 0.25) is 0 Å². The molecule has 0 saturated heterocycles. The molecular formula is C20H14N4O3S3. The zero-order valence-electron chi connectivity index (χ0n) is 15.6. The lowest BCUT2D eigenvalue weighted by molar-refractivity contribution is 0.415. The molecule has 0 bridgehead atoms. The SMILES string of the molecule is COc1ccc(-c2cc3nc(CSc4nnc(-c5cccs5)o4)[nH]c(=O)c3s2)cc1. The number of fused-ring (bicyclic) bond motifs is 1. The van der Waals surface area contributed by atoms with Crippen molar-refractivity contribution in [3.05, 3.63) is 64.0 Å². The third-order valence-corrected chi connectivity index (χ3v) is 7.14. The molecule has 5 rings (SSSR count). The second-order valence-corrected chi connectivity index (χ2v) is 9.13. The van der Waals surface area contributed by atoms with Crippen LogP contribution in [-0.4, -0.2) is 27.3 Å². The number of thioether (sulfide) groups is 1. The van der Waals surface area contributed by atoms with Crippen molar-refractivity contribution < 1.29 is 9.15 Å². The molecule has 0 aliphatic carbocycles. The highest BCUT2D eigenvalue weighted by Crippen LogP contribution is 2.32. The molecule has 150 valence electrons. The Morgan fingerprint density at radius 1 is 1.17 bits per heavy atom. The van der Waals surface area contributed by atoms with E-state index < -0.39 is 0 Å². The molecule has 4 aromatic heterocycles. The van der Waals surface area contributed by atoms with Crippen LogP contribution in [0.1, 0.15) is 5.82 Å². The number of methoxy groups -OCH3 is 1. The average Bonchev–Trinajstić information content (AvgIpc) is 3.52. The highest BCUT2D eigenvalue weighted by molar-refractivity contribution is 7.98. The molecule has 0 aliphatic heterocycles. The van der Waals surface area contributed by atoms with E-state index in [0.717, 1.165) is 21.1 Å². The number of ether oxygens (including phenoxy) is 1. The van der Waals surface area contributed by atoms with Gasteiger partial charge in [-0.25, -0.2) is 4.98 Å². The lowest BCUT2D eigenvalue weighted by Crippen LogP contribution is -2.09. The number of benzene rings is 1. The second-order valence-electron chi connectivity index (χ2n) is 6.21. The molecule has 10 heteroatoms. The normalized spacial score (nSPS) is 11.2.